The van der Waals surface area contributed by atoms with E-state index >= 15 is 0 Å². The van der Waals surface area contributed by atoms with E-state index in [-0.39, 0.29) is 28.0 Å². The summed E-state index contributed by atoms with van der Waals surface area (Å²) in [6.45, 7) is 12.2. The van der Waals surface area contributed by atoms with Gasteiger partial charge in [-0.15, -0.1) is 0 Å². The highest BCUT2D eigenvalue weighted by Crippen LogP contribution is 2.36. The average molecular weight is 415 g/mol. The van der Waals surface area contributed by atoms with Crippen molar-refractivity contribution in [3.8, 4) is 0 Å². The van der Waals surface area contributed by atoms with E-state index in [2.05, 4.69) is 0 Å². The minimum Gasteiger partial charge on any atom is -0.293 e. The van der Waals surface area contributed by atoms with Gasteiger partial charge in [-0.05, 0) is 40.2 Å². The van der Waals surface area contributed by atoms with E-state index < -0.39 is 17.5 Å². The Bertz CT molecular complexity index is 1210. The van der Waals surface area contributed by atoms with Crippen LogP contribution in [0.25, 0.3) is 0 Å². The van der Waals surface area contributed by atoms with E-state index in [0.29, 0.717) is 22.3 Å². The third-order valence-electron chi connectivity index (χ3n) is 6.18. The Morgan fingerprint density at radius 1 is 0.613 bits per heavy atom. The van der Waals surface area contributed by atoms with Crippen molar-refractivity contribution in [1.29, 1.82) is 0 Å². The fourth-order valence-corrected chi connectivity index (χ4v) is 4.14. The first-order valence-electron chi connectivity index (χ1n) is 10.5. The molecule has 0 amide bonds. The van der Waals surface area contributed by atoms with Crippen LogP contribution in [0.15, 0.2) is 48.0 Å². The molecule has 2 aromatic carbocycles. The topological polar surface area (TPSA) is 68.3 Å². The normalized spacial score (nSPS) is 19.9. The van der Waals surface area contributed by atoms with Gasteiger partial charge in [0, 0.05) is 22.3 Å². The SMILES string of the molecule is CC(C)(C)c1ccc2c(c1)C(=O)/C(=C/C1C(=O)c3ccc(C(C)(C)C)cc3C1=O)C2=O. The molecule has 31 heavy (non-hydrogen) atoms. The molecular formula is C27H26O4. The first-order valence-corrected chi connectivity index (χ1v) is 10.5. The highest BCUT2D eigenvalue weighted by molar-refractivity contribution is 6.40. The lowest BCUT2D eigenvalue weighted by atomic mass is 9.85. The molecule has 0 saturated heterocycles. The molecule has 0 aromatic heterocycles. The molecule has 0 N–H and O–H groups in total. The molecule has 0 fully saturated rings. The lowest BCUT2D eigenvalue weighted by Gasteiger charge is -2.19. The summed E-state index contributed by atoms with van der Waals surface area (Å²) in [6, 6.07) is 10.6. The molecule has 0 radical (unpaired) electrons. The molecule has 1 atom stereocenters. The van der Waals surface area contributed by atoms with Gasteiger partial charge in [0.1, 0.15) is 5.92 Å². The maximum absolute atomic E-state index is 13.1. The predicted molar refractivity (Wildman–Crippen MR) is 119 cm³/mol. The van der Waals surface area contributed by atoms with Crippen molar-refractivity contribution in [2.45, 2.75) is 52.4 Å². The second-order valence-corrected chi connectivity index (χ2v) is 10.5. The maximum Gasteiger partial charge on any atom is 0.197 e. The van der Waals surface area contributed by atoms with Crippen molar-refractivity contribution in [3.05, 3.63) is 81.4 Å². The Balaban J connectivity index is 1.73. The van der Waals surface area contributed by atoms with Gasteiger partial charge < -0.3 is 0 Å². The van der Waals surface area contributed by atoms with Crippen LogP contribution < -0.4 is 0 Å². The largest absolute Gasteiger partial charge is 0.293 e. The van der Waals surface area contributed by atoms with Gasteiger partial charge in [-0.2, -0.15) is 0 Å². The van der Waals surface area contributed by atoms with Gasteiger partial charge in [-0.25, -0.2) is 0 Å². The zero-order valence-corrected chi connectivity index (χ0v) is 18.8. The number of hydrogen-bond acceptors (Lipinski definition) is 4. The zero-order valence-electron chi connectivity index (χ0n) is 18.8. The summed E-state index contributed by atoms with van der Waals surface area (Å²) in [5.74, 6) is -2.69. The molecule has 0 aliphatic heterocycles. The van der Waals surface area contributed by atoms with Crippen LogP contribution in [0.5, 0.6) is 0 Å². The minimum absolute atomic E-state index is 0.0865. The standard InChI is InChI=1S/C27H26O4/c1-26(2,3)14-7-9-16-18(11-14)24(30)20(22(16)28)13-21-23(29)17-10-8-15(27(4,5)6)12-19(17)25(21)31/h7-13,20H,1-6H3/b21-13+. The molecule has 0 spiro atoms. The fourth-order valence-electron chi connectivity index (χ4n) is 4.14. The molecule has 0 bridgehead atoms. The number of allylic oxidation sites excluding steroid dienone is 2. The van der Waals surface area contributed by atoms with E-state index in [0.717, 1.165) is 11.1 Å². The second-order valence-electron chi connectivity index (χ2n) is 10.5. The molecule has 4 nitrogen and oxygen atoms in total. The number of Topliss-reactive ketones (excluding diaryl/α,β-unsaturated/α-hetero) is 4. The number of ketones is 4. The molecule has 0 saturated carbocycles. The Kier molecular flexibility index (Phi) is 4.55. The maximum atomic E-state index is 13.1. The Morgan fingerprint density at radius 3 is 1.61 bits per heavy atom. The minimum atomic E-state index is -1.13. The smallest absolute Gasteiger partial charge is 0.197 e. The Labute approximate surface area is 182 Å². The van der Waals surface area contributed by atoms with E-state index in [1.807, 2.05) is 53.7 Å². The number of hydrogen-bond donors (Lipinski definition) is 0. The van der Waals surface area contributed by atoms with Crippen molar-refractivity contribution in [2.75, 3.05) is 0 Å². The van der Waals surface area contributed by atoms with Gasteiger partial charge in [0.05, 0.1) is 5.57 Å². The van der Waals surface area contributed by atoms with Crippen LogP contribution in [0.2, 0.25) is 0 Å². The third kappa shape index (κ3) is 3.31. The Morgan fingerprint density at radius 2 is 1.06 bits per heavy atom. The first kappa shape index (κ1) is 21.1. The molecule has 2 aromatic rings. The van der Waals surface area contributed by atoms with E-state index in [1.54, 1.807) is 24.3 Å². The molecule has 1 unspecified atom stereocenters. The molecular weight excluding hydrogens is 388 g/mol. The molecule has 0 heterocycles. The van der Waals surface area contributed by atoms with Gasteiger partial charge in [-0.1, -0.05) is 65.8 Å². The van der Waals surface area contributed by atoms with Gasteiger partial charge >= 0.3 is 0 Å². The number of carbonyl (C=O) groups excluding carboxylic acids is 4. The number of carbonyl (C=O) groups is 4. The molecule has 158 valence electrons. The van der Waals surface area contributed by atoms with E-state index in [4.69, 9.17) is 0 Å². The van der Waals surface area contributed by atoms with Crippen molar-refractivity contribution in [2.24, 2.45) is 5.92 Å². The number of benzene rings is 2. The van der Waals surface area contributed by atoms with Crippen molar-refractivity contribution < 1.29 is 19.2 Å². The summed E-state index contributed by atoms with van der Waals surface area (Å²) in [5, 5.41) is 0. The van der Waals surface area contributed by atoms with Crippen LogP contribution in [-0.4, -0.2) is 23.1 Å². The van der Waals surface area contributed by atoms with Gasteiger partial charge in [0.15, 0.2) is 23.1 Å². The number of rotatable bonds is 1. The summed E-state index contributed by atoms with van der Waals surface area (Å²) in [6.07, 6.45) is 1.28. The highest BCUT2D eigenvalue weighted by Gasteiger charge is 2.41. The monoisotopic (exact) mass is 414 g/mol. The van der Waals surface area contributed by atoms with Crippen molar-refractivity contribution in [3.63, 3.8) is 0 Å². The van der Waals surface area contributed by atoms with Crippen LogP contribution in [0.1, 0.15) is 94.1 Å². The van der Waals surface area contributed by atoms with Crippen molar-refractivity contribution in [1.82, 2.24) is 0 Å². The molecule has 4 heteroatoms. The van der Waals surface area contributed by atoms with Crippen LogP contribution >= 0.6 is 0 Å². The van der Waals surface area contributed by atoms with E-state index in [1.165, 1.54) is 6.08 Å². The lowest BCUT2D eigenvalue weighted by Crippen LogP contribution is -2.15. The zero-order chi connectivity index (χ0) is 22.9. The highest BCUT2D eigenvalue weighted by atomic mass is 16.2. The number of fused-ring (bicyclic) bond motifs is 2. The Hall–Kier alpha value is -3.14. The molecule has 2 aliphatic rings. The van der Waals surface area contributed by atoms with Crippen LogP contribution in [0.4, 0.5) is 0 Å². The van der Waals surface area contributed by atoms with Crippen LogP contribution in [0, 0.1) is 5.92 Å². The third-order valence-corrected chi connectivity index (χ3v) is 6.18. The molecule has 4 rings (SSSR count). The fraction of sp³-hybridized carbons (Fsp3) is 0.333. The molecule has 2 aliphatic carbocycles. The van der Waals surface area contributed by atoms with Crippen LogP contribution in [-0.2, 0) is 10.8 Å². The van der Waals surface area contributed by atoms with Crippen LogP contribution in [0.3, 0.4) is 0 Å². The average Bonchev–Trinajstić information content (AvgIpc) is 3.07. The quantitative estimate of drug-likeness (QED) is 0.362. The lowest BCUT2D eigenvalue weighted by molar-refractivity contribution is 0.0871. The summed E-state index contributed by atoms with van der Waals surface area (Å²) in [4.78, 5) is 51.9. The first-order chi connectivity index (χ1) is 14.3. The second kappa shape index (κ2) is 6.68. The van der Waals surface area contributed by atoms with Gasteiger partial charge in [0.2, 0.25) is 0 Å². The van der Waals surface area contributed by atoms with Gasteiger partial charge in [-0.3, -0.25) is 19.2 Å². The van der Waals surface area contributed by atoms with Crippen molar-refractivity contribution >= 4 is 23.1 Å². The summed E-state index contributed by atoms with van der Waals surface area (Å²) < 4.78 is 0. The summed E-state index contributed by atoms with van der Waals surface area (Å²) in [7, 11) is 0. The van der Waals surface area contributed by atoms with Gasteiger partial charge in [0.25, 0.3) is 0 Å². The predicted octanol–water partition coefficient (Wildman–Crippen LogP) is 5.28. The summed E-state index contributed by atoms with van der Waals surface area (Å²) >= 11 is 0. The summed E-state index contributed by atoms with van der Waals surface area (Å²) in [5.41, 5.74) is 2.86. The van der Waals surface area contributed by atoms with E-state index in [9.17, 15) is 19.2 Å².